The van der Waals surface area contributed by atoms with Gasteiger partial charge in [-0.3, -0.25) is 4.79 Å². The molecule has 0 amide bonds. The van der Waals surface area contributed by atoms with Crippen molar-refractivity contribution in [2.75, 3.05) is 25.2 Å². The molecule has 0 saturated carbocycles. The topological polar surface area (TPSA) is 20.3 Å². The van der Waals surface area contributed by atoms with E-state index in [4.69, 9.17) is 0 Å². The molecule has 0 heterocycles. The summed E-state index contributed by atoms with van der Waals surface area (Å²) in [5, 5.41) is 0. The van der Waals surface area contributed by atoms with Crippen molar-refractivity contribution in [2.24, 2.45) is 0 Å². The molecule has 0 aromatic heterocycles. The fraction of sp³-hybridized carbons (Fsp3) is 0.211. The largest absolute Gasteiger partial charge is 0.372 e. The van der Waals surface area contributed by atoms with Crippen LogP contribution in [-0.4, -0.2) is 26.1 Å². The molecule has 1 aliphatic rings. The number of anilines is 1. The first-order chi connectivity index (χ1) is 10.7. The van der Waals surface area contributed by atoms with E-state index in [-0.39, 0.29) is 12.5 Å². The summed E-state index contributed by atoms with van der Waals surface area (Å²) in [5.41, 5.74) is 4.86. The highest BCUT2D eigenvalue weighted by Gasteiger charge is 2.23. The average molecular weight is 295 g/mol. The molecule has 22 heavy (non-hydrogen) atoms. The fourth-order valence-electron chi connectivity index (χ4n) is 2.76. The second kappa shape index (κ2) is 6.14. The Morgan fingerprint density at radius 3 is 2.59 bits per heavy atom. The van der Waals surface area contributed by atoms with Gasteiger partial charge in [0.2, 0.25) is 0 Å². The third-order valence-electron chi connectivity index (χ3n) is 4.02. The minimum atomic E-state index is -0.367. The van der Waals surface area contributed by atoms with Crippen molar-refractivity contribution in [2.45, 2.75) is 6.42 Å². The summed E-state index contributed by atoms with van der Waals surface area (Å²) in [6.07, 6.45) is 2.42. The van der Waals surface area contributed by atoms with E-state index in [1.54, 1.807) is 0 Å². The zero-order valence-electron chi connectivity index (χ0n) is 12.6. The van der Waals surface area contributed by atoms with E-state index < -0.39 is 0 Å². The molecular weight excluding hydrogens is 277 g/mol. The van der Waals surface area contributed by atoms with E-state index in [1.165, 1.54) is 0 Å². The molecule has 0 aliphatic heterocycles. The number of halogens is 1. The smallest absolute Gasteiger partial charge is 0.167 e. The third-order valence-corrected chi connectivity index (χ3v) is 4.02. The van der Waals surface area contributed by atoms with Gasteiger partial charge >= 0.3 is 0 Å². The zero-order chi connectivity index (χ0) is 15.5. The van der Waals surface area contributed by atoms with E-state index in [0.717, 1.165) is 28.0 Å². The van der Waals surface area contributed by atoms with Gasteiger partial charge in [-0.25, -0.2) is 4.39 Å². The first-order valence-electron chi connectivity index (χ1n) is 7.39. The summed E-state index contributed by atoms with van der Waals surface area (Å²) in [6, 6.07) is 15.8. The second-order valence-corrected chi connectivity index (χ2v) is 5.52. The quantitative estimate of drug-likeness (QED) is 0.801. The Hall–Kier alpha value is -2.42. The molecule has 0 unspecified atom stereocenters. The number of hydrogen-bond donors (Lipinski definition) is 0. The summed E-state index contributed by atoms with van der Waals surface area (Å²) < 4.78 is 12.4. The summed E-state index contributed by atoms with van der Waals surface area (Å²) in [7, 11) is 1.86. The Morgan fingerprint density at radius 1 is 1.14 bits per heavy atom. The van der Waals surface area contributed by atoms with Gasteiger partial charge in [0.05, 0.1) is 0 Å². The highest BCUT2D eigenvalue weighted by molar-refractivity contribution is 6.29. The van der Waals surface area contributed by atoms with Gasteiger partial charge in [-0.15, -0.1) is 0 Å². The van der Waals surface area contributed by atoms with Crippen LogP contribution >= 0.6 is 0 Å². The molecule has 112 valence electrons. The van der Waals surface area contributed by atoms with Gasteiger partial charge in [-0.05, 0) is 34.9 Å². The molecule has 0 bridgehead atoms. The lowest BCUT2D eigenvalue weighted by Gasteiger charge is -2.17. The maximum absolute atomic E-state index is 12.4. The molecule has 0 radical (unpaired) electrons. The molecule has 3 rings (SSSR count). The molecule has 0 fully saturated rings. The number of allylic oxidation sites excluding steroid dienone is 1. The average Bonchev–Trinajstić information content (AvgIpc) is 2.84. The van der Waals surface area contributed by atoms with E-state index >= 15 is 0 Å². The lowest BCUT2D eigenvalue weighted by atomic mass is 10.0. The molecule has 3 heteroatoms. The Bertz CT molecular complexity index is 718. The second-order valence-electron chi connectivity index (χ2n) is 5.52. The van der Waals surface area contributed by atoms with Crippen LogP contribution in [0.4, 0.5) is 10.1 Å². The van der Waals surface area contributed by atoms with Crippen LogP contribution < -0.4 is 4.90 Å². The van der Waals surface area contributed by atoms with Crippen LogP contribution in [0.1, 0.15) is 16.7 Å². The Balaban J connectivity index is 1.88. The molecule has 0 N–H and O–H groups in total. The third kappa shape index (κ3) is 2.80. The predicted molar refractivity (Wildman–Crippen MR) is 88.7 cm³/mol. The molecule has 0 spiro atoms. The van der Waals surface area contributed by atoms with Crippen LogP contribution in [0.5, 0.6) is 0 Å². The van der Waals surface area contributed by atoms with E-state index in [1.807, 2.05) is 66.6 Å². The van der Waals surface area contributed by atoms with Crippen LogP contribution in [0.2, 0.25) is 0 Å². The molecule has 2 nitrogen and oxygen atoms in total. The van der Waals surface area contributed by atoms with Crippen LogP contribution in [0, 0.1) is 0 Å². The maximum Gasteiger partial charge on any atom is 0.167 e. The summed E-state index contributed by atoms with van der Waals surface area (Å²) in [4.78, 5) is 14.0. The van der Waals surface area contributed by atoms with Gasteiger partial charge in [-0.1, -0.05) is 36.4 Å². The van der Waals surface area contributed by atoms with Crippen molar-refractivity contribution in [1.29, 1.82) is 0 Å². The minimum absolute atomic E-state index is 0.167. The van der Waals surface area contributed by atoms with Crippen LogP contribution in [0.15, 0.2) is 48.5 Å². The Morgan fingerprint density at radius 2 is 1.86 bits per heavy atom. The lowest BCUT2D eigenvalue weighted by Crippen LogP contribution is -2.19. The number of nitrogens with zero attached hydrogens (tertiary/aromatic N) is 1. The van der Waals surface area contributed by atoms with Crippen LogP contribution in [0.3, 0.4) is 0 Å². The Labute approximate surface area is 129 Å². The standard InChI is InChI=1S/C19H18FNO/c1-21(11-10-20)16-8-6-14(7-9-16)12-18-17-5-3-2-4-15(17)13-19(18)22/h2-9,12H,10-11,13H2,1H3. The van der Waals surface area contributed by atoms with Gasteiger partial charge < -0.3 is 4.90 Å². The van der Waals surface area contributed by atoms with Crippen LogP contribution in [0.25, 0.3) is 11.6 Å². The van der Waals surface area contributed by atoms with Crippen molar-refractivity contribution < 1.29 is 9.18 Å². The van der Waals surface area contributed by atoms with E-state index in [2.05, 4.69) is 0 Å². The van der Waals surface area contributed by atoms with E-state index in [9.17, 15) is 9.18 Å². The Kier molecular flexibility index (Phi) is 4.05. The molecule has 0 saturated heterocycles. The van der Waals surface area contributed by atoms with Crippen molar-refractivity contribution in [1.82, 2.24) is 0 Å². The summed E-state index contributed by atoms with van der Waals surface area (Å²) in [6.45, 7) is 0.0138. The number of carbonyl (C=O) groups is 1. The number of carbonyl (C=O) groups excluding carboxylic acids is 1. The summed E-state index contributed by atoms with van der Waals surface area (Å²) >= 11 is 0. The molecular formula is C19H18FNO. The maximum atomic E-state index is 12.4. The van der Waals surface area contributed by atoms with Gasteiger partial charge in [-0.2, -0.15) is 0 Å². The lowest BCUT2D eigenvalue weighted by molar-refractivity contribution is -0.112. The molecule has 0 atom stereocenters. The first kappa shape index (κ1) is 14.5. The molecule has 2 aromatic rings. The zero-order valence-corrected chi connectivity index (χ0v) is 12.6. The molecule has 1 aliphatic carbocycles. The number of Topliss-reactive ketones (excluding diaryl/α,β-unsaturated/α-hetero) is 1. The SMILES string of the molecule is CN(CCF)c1ccc(C=C2C(=O)Cc3ccccc32)cc1. The highest BCUT2D eigenvalue weighted by atomic mass is 19.1. The number of hydrogen-bond acceptors (Lipinski definition) is 2. The van der Waals surface area contributed by atoms with Crippen molar-refractivity contribution in [3.05, 3.63) is 65.2 Å². The van der Waals surface area contributed by atoms with Crippen molar-refractivity contribution in [3.8, 4) is 0 Å². The van der Waals surface area contributed by atoms with Crippen molar-refractivity contribution in [3.63, 3.8) is 0 Å². The highest BCUT2D eigenvalue weighted by Crippen LogP contribution is 2.31. The van der Waals surface area contributed by atoms with Gasteiger partial charge in [0.1, 0.15) is 6.67 Å². The number of rotatable bonds is 4. The normalized spacial score (nSPS) is 15.2. The van der Waals surface area contributed by atoms with Gasteiger partial charge in [0.25, 0.3) is 0 Å². The van der Waals surface area contributed by atoms with Crippen LogP contribution in [-0.2, 0) is 11.2 Å². The number of fused-ring (bicyclic) bond motifs is 1. The minimum Gasteiger partial charge on any atom is -0.372 e. The number of alkyl halides is 1. The van der Waals surface area contributed by atoms with E-state index in [0.29, 0.717) is 13.0 Å². The van der Waals surface area contributed by atoms with Crippen molar-refractivity contribution >= 4 is 23.1 Å². The van der Waals surface area contributed by atoms with Gasteiger partial charge in [0.15, 0.2) is 5.78 Å². The predicted octanol–water partition coefficient (Wildman–Crippen LogP) is 3.76. The summed E-state index contributed by atoms with van der Waals surface area (Å²) in [5.74, 6) is 0.167. The fourth-order valence-corrected chi connectivity index (χ4v) is 2.76. The number of ketones is 1. The first-order valence-corrected chi connectivity index (χ1v) is 7.39. The number of benzene rings is 2. The molecule has 2 aromatic carbocycles. The van der Waals surface area contributed by atoms with Gasteiger partial charge in [0, 0.05) is 31.3 Å². The monoisotopic (exact) mass is 295 g/mol.